The highest BCUT2D eigenvalue weighted by atomic mass is 16.5. The van der Waals surface area contributed by atoms with Crippen molar-refractivity contribution in [1.82, 2.24) is 0 Å². The molecule has 3 heteroatoms. The van der Waals surface area contributed by atoms with Crippen molar-refractivity contribution in [2.24, 2.45) is 0 Å². The van der Waals surface area contributed by atoms with E-state index >= 15 is 0 Å². The van der Waals surface area contributed by atoms with Gasteiger partial charge in [0.25, 0.3) is 0 Å². The maximum atomic E-state index is 11.4. The van der Waals surface area contributed by atoms with Gasteiger partial charge in [0.1, 0.15) is 0 Å². The lowest BCUT2D eigenvalue weighted by Gasteiger charge is -2.15. The summed E-state index contributed by atoms with van der Waals surface area (Å²) in [5.74, 6) is 1.37. The summed E-state index contributed by atoms with van der Waals surface area (Å²) in [6, 6.07) is 1.83. The van der Waals surface area contributed by atoms with Crippen LogP contribution in [0.15, 0.2) is 6.07 Å². The zero-order valence-corrected chi connectivity index (χ0v) is 9.80. The summed E-state index contributed by atoms with van der Waals surface area (Å²) < 4.78 is 10.5. The van der Waals surface area contributed by atoms with Crippen LogP contribution in [0.1, 0.15) is 28.4 Å². The maximum Gasteiger partial charge on any atom is 0.164 e. The second-order valence-corrected chi connectivity index (χ2v) is 3.49. The van der Waals surface area contributed by atoms with E-state index in [-0.39, 0.29) is 5.78 Å². The van der Waals surface area contributed by atoms with Crippen LogP contribution in [0.5, 0.6) is 11.5 Å². The number of rotatable bonds is 3. The highest BCUT2D eigenvalue weighted by Gasteiger charge is 2.16. The van der Waals surface area contributed by atoms with Gasteiger partial charge in [0.05, 0.1) is 14.2 Å². The van der Waals surface area contributed by atoms with Gasteiger partial charge in [-0.25, -0.2) is 0 Å². The Kier molecular flexibility index (Phi) is 3.35. The van der Waals surface area contributed by atoms with Crippen molar-refractivity contribution < 1.29 is 14.3 Å². The Labute approximate surface area is 90.0 Å². The molecule has 0 amide bonds. The smallest absolute Gasteiger partial charge is 0.164 e. The molecule has 0 bridgehead atoms. The van der Waals surface area contributed by atoms with Crippen molar-refractivity contribution >= 4 is 5.78 Å². The second-order valence-electron chi connectivity index (χ2n) is 3.49. The van der Waals surface area contributed by atoms with Gasteiger partial charge >= 0.3 is 0 Å². The third-order valence-electron chi connectivity index (χ3n) is 2.46. The molecular weight excluding hydrogens is 192 g/mol. The fraction of sp³-hybridized carbons (Fsp3) is 0.417. The third-order valence-corrected chi connectivity index (χ3v) is 2.46. The monoisotopic (exact) mass is 208 g/mol. The lowest BCUT2D eigenvalue weighted by Crippen LogP contribution is -2.03. The maximum absolute atomic E-state index is 11.4. The van der Waals surface area contributed by atoms with Gasteiger partial charge in [0, 0.05) is 11.1 Å². The van der Waals surface area contributed by atoms with Gasteiger partial charge in [-0.3, -0.25) is 4.79 Å². The zero-order chi connectivity index (χ0) is 11.6. The quantitative estimate of drug-likeness (QED) is 0.716. The largest absolute Gasteiger partial charge is 0.493 e. The molecule has 0 aliphatic carbocycles. The summed E-state index contributed by atoms with van der Waals surface area (Å²) >= 11 is 0. The van der Waals surface area contributed by atoms with Crippen molar-refractivity contribution in [2.45, 2.75) is 20.8 Å². The number of aryl methyl sites for hydroxylation is 1. The van der Waals surface area contributed by atoms with Gasteiger partial charge < -0.3 is 9.47 Å². The number of carbonyl (C=O) groups is 1. The fourth-order valence-electron chi connectivity index (χ4n) is 1.73. The topological polar surface area (TPSA) is 35.5 Å². The molecule has 0 unspecified atom stereocenters. The number of Topliss-reactive ketones (excluding diaryl/α,β-unsaturated/α-hetero) is 1. The zero-order valence-electron chi connectivity index (χ0n) is 9.80. The lowest BCUT2D eigenvalue weighted by molar-refractivity contribution is 0.101. The molecule has 0 N–H and O–H groups in total. The Morgan fingerprint density at radius 2 is 1.67 bits per heavy atom. The summed E-state index contributed by atoms with van der Waals surface area (Å²) in [5, 5.41) is 0. The van der Waals surface area contributed by atoms with Crippen LogP contribution in [-0.4, -0.2) is 20.0 Å². The summed E-state index contributed by atoms with van der Waals surface area (Å²) in [6.07, 6.45) is 0. The Hall–Kier alpha value is -1.51. The van der Waals surface area contributed by atoms with Crippen molar-refractivity contribution in [1.29, 1.82) is 0 Å². The number of hydrogen-bond donors (Lipinski definition) is 0. The van der Waals surface area contributed by atoms with Crippen molar-refractivity contribution in [3.8, 4) is 11.5 Å². The first-order valence-corrected chi connectivity index (χ1v) is 4.76. The molecule has 0 aliphatic rings. The highest BCUT2D eigenvalue weighted by molar-refractivity contribution is 5.96. The molecule has 1 aromatic rings. The molecule has 0 saturated carbocycles. The van der Waals surface area contributed by atoms with E-state index in [0.717, 1.165) is 11.1 Å². The van der Waals surface area contributed by atoms with E-state index in [1.54, 1.807) is 21.1 Å². The Bertz CT molecular complexity index is 394. The van der Waals surface area contributed by atoms with E-state index in [0.29, 0.717) is 17.1 Å². The number of carbonyl (C=O) groups excluding carboxylic acids is 1. The first-order valence-electron chi connectivity index (χ1n) is 4.76. The molecule has 0 saturated heterocycles. The fourth-order valence-corrected chi connectivity index (χ4v) is 1.73. The van der Waals surface area contributed by atoms with Crippen LogP contribution < -0.4 is 9.47 Å². The van der Waals surface area contributed by atoms with Gasteiger partial charge in [-0.05, 0) is 32.4 Å². The van der Waals surface area contributed by atoms with Gasteiger partial charge in [-0.1, -0.05) is 0 Å². The molecule has 3 nitrogen and oxygen atoms in total. The molecule has 0 aromatic heterocycles. The normalized spacial score (nSPS) is 9.93. The van der Waals surface area contributed by atoms with E-state index < -0.39 is 0 Å². The summed E-state index contributed by atoms with van der Waals surface area (Å²) in [7, 11) is 3.17. The van der Waals surface area contributed by atoms with E-state index in [2.05, 4.69) is 0 Å². The molecule has 0 radical (unpaired) electrons. The SMILES string of the molecule is COc1c(C)cc(C(C)=O)c(C)c1OC. The molecule has 0 heterocycles. The average Bonchev–Trinajstić information content (AvgIpc) is 2.19. The molecule has 0 fully saturated rings. The van der Waals surface area contributed by atoms with Crippen LogP contribution in [0, 0.1) is 13.8 Å². The van der Waals surface area contributed by atoms with Crippen molar-refractivity contribution in [3.05, 3.63) is 22.8 Å². The average molecular weight is 208 g/mol. The first-order chi connectivity index (χ1) is 7.02. The predicted molar refractivity (Wildman–Crippen MR) is 59.0 cm³/mol. The summed E-state index contributed by atoms with van der Waals surface area (Å²) in [6.45, 7) is 5.30. The molecule has 1 rings (SSSR count). The van der Waals surface area contributed by atoms with Crippen LogP contribution in [0.25, 0.3) is 0 Å². The first kappa shape index (κ1) is 11.6. The van der Waals surface area contributed by atoms with Crippen molar-refractivity contribution in [3.63, 3.8) is 0 Å². The standard InChI is InChI=1S/C12H16O3/c1-7-6-10(9(3)13)8(2)12(15-5)11(7)14-4/h6H,1-5H3. The Morgan fingerprint density at radius 1 is 1.13 bits per heavy atom. The molecule has 15 heavy (non-hydrogen) atoms. The second kappa shape index (κ2) is 4.34. The molecule has 1 aromatic carbocycles. The van der Waals surface area contributed by atoms with Crippen LogP contribution in [0.3, 0.4) is 0 Å². The summed E-state index contributed by atoms with van der Waals surface area (Å²) in [5.41, 5.74) is 2.42. The number of methoxy groups -OCH3 is 2. The minimum atomic E-state index is 0.0385. The lowest BCUT2D eigenvalue weighted by atomic mass is 10.0. The van der Waals surface area contributed by atoms with E-state index in [4.69, 9.17) is 9.47 Å². The highest BCUT2D eigenvalue weighted by Crippen LogP contribution is 2.36. The number of benzene rings is 1. The van der Waals surface area contributed by atoms with Gasteiger partial charge in [0.15, 0.2) is 17.3 Å². The minimum absolute atomic E-state index is 0.0385. The van der Waals surface area contributed by atoms with Crippen molar-refractivity contribution in [2.75, 3.05) is 14.2 Å². The molecule has 0 atom stereocenters. The number of hydrogen-bond acceptors (Lipinski definition) is 3. The minimum Gasteiger partial charge on any atom is -0.493 e. The number of ketones is 1. The predicted octanol–water partition coefficient (Wildman–Crippen LogP) is 2.52. The van der Waals surface area contributed by atoms with Gasteiger partial charge in [-0.2, -0.15) is 0 Å². The van der Waals surface area contributed by atoms with Crippen LogP contribution in [0.2, 0.25) is 0 Å². The van der Waals surface area contributed by atoms with Crippen LogP contribution >= 0.6 is 0 Å². The number of ether oxygens (including phenoxy) is 2. The third kappa shape index (κ3) is 1.96. The molecular formula is C12H16O3. The van der Waals surface area contributed by atoms with Crippen LogP contribution in [-0.2, 0) is 0 Å². The Morgan fingerprint density at radius 3 is 2.07 bits per heavy atom. The van der Waals surface area contributed by atoms with E-state index in [9.17, 15) is 4.79 Å². The van der Waals surface area contributed by atoms with E-state index in [1.165, 1.54) is 0 Å². The van der Waals surface area contributed by atoms with Crippen LogP contribution in [0.4, 0.5) is 0 Å². The Balaban J connectivity index is 3.51. The molecule has 0 aliphatic heterocycles. The van der Waals surface area contributed by atoms with Gasteiger partial charge in [0.2, 0.25) is 0 Å². The summed E-state index contributed by atoms with van der Waals surface area (Å²) in [4.78, 5) is 11.4. The van der Waals surface area contributed by atoms with E-state index in [1.807, 2.05) is 19.9 Å². The molecule has 82 valence electrons. The molecule has 0 spiro atoms. The van der Waals surface area contributed by atoms with Gasteiger partial charge in [-0.15, -0.1) is 0 Å².